The third-order valence-electron chi connectivity index (χ3n) is 7.04. The molecule has 0 N–H and O–H groups in total. The normalized spacial score (nSPS) is 17.4. The molecule has 184 valence electrons. The first-order valence-electron chi connectivity index (χ1n) is 12.2. The maximum Gasteiger partial charge on any atom is 0.243 e. The van der Waals surface area contributed by atoms with Gasteiger partial charge in [-0.25, -0.2) is 18.4 Å². The summed E-state index contributed by atoms with van der Waals surface area (Å²) in [5, 5.41) is 0. The largest absolute Gasteiger partial charge is 0.354 e. The van der Waals surface area contributed by atoms with E-state index < -0.39 is 10.0 Å². The molecule has 5 rings (SSSR count). The molecule has 1 saturated heterocycles. The summed E-state index contributed by atoms with van der Waals surface area (Å²) in [6.07, 6.45) is 0.571. The molecule has 0 saturated carbocycles. The standard InChI is InChI=1S/C27H33N5O2S/c1-19-16-20(2)25(21(3)17-19)35(33,34)32-11-10-24-23(18-32)27(31-14-12-30(4)13-15-31)29-26(28-24)22-8-6-5-7-9-22/h5-9,16-17H,10-15,18H2,1-4H3. The van der Waals surface area contributed by atoms with Crippen LogP contribution in [0.3, 0.4) is 0 Å². The van der Waals surface area contributed by atoms with Gasteiger partial charge in [0.1, 0.15) is 5.82 Å². The van der Waals surface area contributed by atoms with Crippen molar-refractivity contribution in [3.05, 3.63) is 70.4 Å². The first-order chi connectivity index (χ1) is 16.7. The molecule has 8 heteroatoms. The average Bonchev–Trinajstić information content (AvgIpc) is 2.83. The van der Waals surface area contributed by atoms with Crippen molar-refractivity contribution in [2.75, 3.05) is 44.7 Å². The second-order valence-corrected chi connectivity index (χ2v) is 11.6. The first-order valence-corrected chi connectivity index (χ1v) is 13.6. The first kappa shape index (κ1) is 23.9. The van der Waals surface area contributed by atoms with E-state index >= 15 is 0 Å². The van der Waals surface area contributed by atoms with Crippen LogP contribution in [0.25, 0.3) is 11.4 Å². The van der Waals surface area contributed by atoms with Gasteiger partial charge in [-0.05, 0) is 38.9 Å². The molecule has 0 bridgehead atoms. The topological polar surface area (TPSA) is 69.6 Å². The summed E-state index contributed by atoms with van der Waals surface area (Å²) in [6.45, 7) is 10.1. The average molecular weight is 492 g/mol. The van der Waals surface area contributed by atoms with Crippen LogP contribution in [0, 0.1) is 20.8 Å². The van der Waals surface area contributed by atoms with E-state index in [1.54, 1.807) is 4.31 Å². The van der Waals surface area contributed by atoms with Crippen molar-refractivity contribution < 1.29 is 8.42 Å². The van der Waals surface area contributed by atoms with E-state index in [1.807, 2.05) is 63.2 Å². The number of aromatic nitrogens is 2. The summed E-state index contributed by atoms with van der Waals surface area (Å²) in [7, 11) is -1.52. The SMILES string of the molecule is Cc1cc(C)c(S(=O)(=O)N2CCc3nc(-c4ccccc4)nc(N4CCN(C)CC4)c3C2)c(C)c1. The van der Waals surface area contributed by atoms with Crippen LogP contribution in [-0.2, 0) is 23.0 Å². The van der Waals surface area contributed by atoms with E-state index in [2.05, 4.69) is 16.8 Å². The van der Waals surface area contributed by atoms with Crippen molar-refractivity contribution in [1.82, 2.24) is 19.2 Å². The molecule has 35 heavy (non-hydrogen) atoms. The molecule has 2 aliphatic heterocycles. The number of aryl methyl sites for hydroxylation is 3. The van der Waals surface area contributed by atoms with E-state index in [1.165, 1.54) is 0 Å². The van der Waals surface area contributed by atoms with Gasteiger partial charge in [-0.2, -0.15) is 4.31 Å². The molecule has 1 fully saturated rings. The summed E-state index contributed by atoms with van der Waals surface area (Å²) in [5.41, 5.74) is 5.53. The molecule has 0 atom stereocenters. The third kappa shape index (κ3) is 4.58. The van der Waals surface area contributed by atoms with E-state index in [0.29, 0.717) is 30.2 Å². The molecule has 3 aromatic rings. The molecule has 3 heterocycles. The van der Waals surface area contributed by atoms with Crippen LogP contribution in [0.1, 0.15) is 27.9 Å². The zero-order chi connectivity index (χ0) is 24.7. The molecule has 0 spiro atoms. The van der Waals surface area contributed by atoms with Crippen LogP contribution >= 0.6 is 0 Å². The number of hydrogen-bond donors (Lipinski definition) is 0. The van der Waals surface area contributed by atoms with E-state index in [-0.39, 0.29) is 0 Å². The van der Waals surface area contributed by atoms with E-state index in [0.717, 1.165) is 65.5 Å². The minimum absolute atomic E-state index is 0.293. The highest BCUT2D eigenvalue weighted by Gasteiger charge is 2.34. The van der Waals surface area contributed by atoms with Crippen molar-refractivity contribution in [1.29, 1.82) is 0 Å². The number of piperazine rings is 1. The van der Waals surface area contributed by atoms with Crippen molar-refractivity contribution in [3.63, 3.8) is 0 Å². The Hall–Kier alpha value is -2.81. The lowest BCUT2D eigenvalue weighted by molar-refractivity contribution is 0.310. The number of likely N-dealkylation sites (N-methyl/N-ethyl adjacent to an activating group) is 1. The van der Waals surface area contributed by atoms with Gasteiger partial charge in [0, 0.05) is 56.8 Å². The molecule has 0 unspecified atom stereocenters. The predicted octanol–water partition coefficient (Wildman–Crippen LogP) is 3.57. The second-order valence-electron chi connectivity index (χ2n) is 9.77. The highest BCUT2D eigenvalue weighted by molar-refractivity contribution is 7.89. The zero-order valence-corrected chi connectivity index (χ0v) is 21.8. The Morgan fingerprint density at radius 1 is 0.857 bits per heavy atom. The number of sulfonamides is 1. The summed E-state index contributed by atoms with van der Waals surface area (Å²) in [4.78, 5) is 15.0. The maximum atomic E-state index is 13.8. The van der Waals surface area contributed by atoms with Crippen LogP contribution in [0.2, 0.25) is 0 Å². The van der Waals surface area contributed by atoms with Gasteiger partial charge in [-0.1, -0.05) is 48.0 Å². The molecule has 1 aromatic heterocycles. The molecule has 2 aromatic carbocycles. The quantitative estimate of drug-likeness (QED) is 0.556. The predicted molar refractivity (Wildman–Crippen MR) is 139 cm³/mol. The van der Waals surface area contributed by atoms with Crippen LogP contribution in [0.4, 0.5) is 5.82 Å². The molecule has 7 nitrogen and oxygen atoms in total. The fraction of sp³-hybridized carbons (Fsp3) is 0.407. The number of nitrogens with zero attached hydrogens (tertiary/aromatic N) is 5. The highest BCUT2D eigenvalue weighted by Crippen LogP contribution is 2.34. The van der Waals surface area contributed by atoms with E-state index in [9.17, 15) is 8.42 Å². The zero-order valence-electron chi connectivity index (χ0n) is 21.0. The number of anilines is 1. The minimum atomic E-state index is -3.65. The van der Waals surface area contributed by atoms with Gasteiger partial charge < -0.3 is 9.80 Å². The summed E-state index contributed by atoms with van der Waals surface area (Å²) in [5.74, 6) is 1.58. The number of fused-ring (bicyclic) bond motifs is 1. The Labute approximate surface area is 208 Å². The lowest BCUT2D eigenvalue weighted by Gasteiger charge is -2.37. The third-order valence-corrected chi connectivity index (χ3v) is 9.19. The fourth-order valence-electron chi connectivity index (χ4n) is 5.28. The number of rotatable bonds is 4. The van der Waals surface area contributed by atoms with Crippen LogP contribution in [0.15, 0.2) is 47.4 Å². The number of hydrogen-bond acceptors (Lipinski definition) is 6. The van der Waals surface area contributed by atoms with Crippen molar-refractivity contribution in [2.24, 2.45) is 0 Å². The molecular formula is C27H33N5O2S. The molecule has 0 aliphatic carbocycles. The van der Waals surface area contributed by atoms with Gasteiger partial charge in [0.05, 0.1) is 10.6 Å². The van der Waals surface area contributed by atoms with Gasteiger partial charge in [0.15, 0.2) is 5.82 Å². The molecular weight excluding hydrogens is 458 g/mol. The maximum absolute atomic E-state index is 13.8. The van der Waals surface area contributed by atoms with Crippen molar-refractivity contribution in [3.8, 4) is 11.4 Å². The van der Waals surface area contributed by atoms with Crippen LogP contribution in [0.5, 0.6) is 0 Å². The lowest BCUT2D eigenvalue weighted by atomic mass is 10.1. The van der Waals surface area contributed by atoms with Gasteiger partial charge >= 0.3 is 0 Å². The fourth-order valence-corrected chi connectivity index (χ4v) is 7.10. The molecule has 0 radical (unpaired) electrons. The second kappa shape index (κ2) is 9.33. The smallest absolute Gasteiger partial charge is 0.243 e. The Morgan fingerprint density at radius 3 is 2.17 bits per heavy atom. The Morgan fingerprint density at radius 2 is 1.51 bits per heavy atom. The molecule has 2 aliphatic rings. The monoisotopic (exact) mass is 491 g/mol. The lowest BCUT2D eigenvalue weighted by Crippen LogP contribution is -2.46. The summed E-state index contributed by atoms with van der Waals surface area (Å²) < 4.78 is 29.3. The Kier molecular flexibility index (Phi) is 6.38. The number of benzene rings is 2. The Bertz CT molecular complexity index is 1330. The highest BCUT2D eigenvalue weighted by atomic mass is 32.2. The van der Waals surface area contributed by atoms with E-state index in [4.69, 9.17) is 9.97 Å². The molecule has 0 amide bonds. The summed E-state index contributed by atoms with van der Waals surface area (Å²) in [6, 6.07) is 13.9. The Balaban J connectivity index is 1.57. The summed E-state index contributed by atoms with van der Waals surface area (Å²) >= 11 is 0. The van der Waals surface area contributed by atoms with Gasteiger partial charge in [-0.3, -0.25) is 0 Å². The van der Waals surface area contributed by atoms with Gasteiger partial charge in [0.25, 0.3) is 0 Å². The van der Waals surface area contributed by atoms with Gasteiger partial charge in [-0.15, -0.1) is 0 Å². The van der Waals surface area contributed by atoms with Crippen molar-refractivity contribution >= 4 is 15.8 Å². The van der Waals surface area contributed by atoms with Crippen LogP contribution in [-0.4, -0.2) is 67.4 Å². The van der Waals surface area contributed by atoms with Gasteiger partial charge in [0.2, 0.25) is 10.0 Å². The van der Waals surface area contributed by atoms with Crippen molar-refractivity contribution in [2.45, 2.75) is 38.6 Å². The minimum Gasteiger partial charge on any atom is -0.354 e. The van der Waals surface area contributed by atoms with Crippen LogP contribution < -0.4 is 4.90 Å².